The Balaban J connectivity index is 1.87. The maximum atomic E-state index is 12.8. The van der Waals surface area contributed by atoms with Crippen LogP contribution in [0.25, 0.3) is 11.0 Å². The third-order valence-electron chi connectivity index (χ3n) is 4.27. The van der Waals surface area contributed by atoms with Crippen molar-refractivity contribution < 1.29 is 9.53 Å². The summed E-state index contributed by atoms with van der Waals surface area (Å²) in [5.74, 6) is 1.10. The highest BCUT2D eigenvalue weighted by atomic mass is 16.5. The van der Waals surface area contributed by atoms with Gasteiger partial charge in [0.1, 0.15) is 12.4 Å². The van der Waals surface area contributed by atoms with Gasteiger partial charge in [0.05, 0.1) is 29.8 Å². The van der Waals surface area contributed by atoms with Crippen molar-refractivity contribution in [2.45, 2.75) is 45.9 Å². The summed E-state index contributed by atoms with van der Waals surface area (Å²) in [6, 6.07) is 8.12. The molecule has 1 aliphatic rings. The van der Waals surface area contributed by atoms with Crippen LogP contribution >= 0.6 is 0 Å². The lowest BCUT2D eigenvalue weighted by atomic mass is 10.2. The summed E-state index contributed by atoms with van der Waals surface area (Å²) < 4.78 is 7.65. The zero-order chi connectivity index (χ0) is 15.7. The third-order valence-corrected chi connectivity index (χ3v) is 4.27. The number of hydrogen-bond donors (Lipinski definition) is 0. The van der Waals surface area contributed by atoms with Crippen LogP contribution in [-0.2, 0) is 22.5 Å². The molecular weight excluding hydrogens is 278 g/mol. The van der Waals surface area contributed by atoms with Gasteiger partial charge < -0.3 is 14.2 Å². The first-order chi connectivity index (χ1) is 10.6. The number of fused-ring (bicyclic) bond motifs is 1. The Morgan fingerprint density at radius 2 is 2.14 bits per heavy atom. The zero-order valence-corrected chi connectivity index (χ0v) is 13.5. The Kier molecular flexibility index (Phi) is 4.16. The van der Waals surface area contributed by atoms with Crippen molar-refractivity contribution in [2.75, 3.05) is 13.2 Å². The van der Waals surface area contributed by atoms with E-state index in [4.69, 9.17) is 4.74 Å². The van der Waals surface area contributed by atoms with Gasteiger partial charge in [0, 0.05) is 13.0 Å². The summed E-state index contributed by atoms with van der Waals surface area (Å²) in [7, 11) is 0. The fourth-order valence-electron chi connectivity index (χ4n) is 3.05. The van der Waals surface area contributed by atoms with Gasteiger partial charge in [-0.05, 0) is 26.0 Å². The van der Waals surface area contributed by atoms with Gasteiger partial charge in [-0.25, -0.2) is 4.98 Å². The van der Waals surface area contributed by atoms with Crippen molar-refractivity contribution in [2.24, 2.45) is 0 Å². The quantitative estimate of drug-likeness (QED) is 0.873. The van der Waals surface area contributed by atoms with Crippen LogP contribution in [0.2, 0.25) is 0 Å². The molecule has 1 aliphatic heterocycles. The Labute approximate surface area is 130 Å². The molecule has 0 aliphatic carbocycles. The lowest BCUT2D eigenvalue weighted by molar-refractivity contribution is -0.143. The number of imidazole rings is 1. The maximum Gasteiger partial charge on any atom is 0.242 e. The van der Waals surface area contributed by atoms with E-state index in [1.807, 2.05) is 47.6 Å². The molecule has 22 heavy (non-hydrogen) atoms. The van der Waals surface area contributed by atoms with E-state index in [-0.39, 0.29) is 18.1 Å². The number of carbonyl (C=O) groups is 1. The molecule has 1 fully saturated rings. The van der Waals surface area contributed by atoms with Crippen LogP contribution in [0.3, 0.4) is 0 Å². The van der Waals surface area contributed by atoms with Crippen LogP contribution < -0.4 is 0 Å². The number of benzene rings is 1. The largest absolute Gasteiger partial charge is 0.375 e. The normalized spacial score (nSPS) is 22.2. The SMILES string of the molecule is CCc1nc2ccccc2n1CC(=O)N1C[C@@H](C)OC[C@@H]1C. The van der Waals surface area contributed by atoms with Gasteiger partial charge in [0.2, 0.25) is 5.91 Å². The van der Waals surface area contributed by atoms with Crippen molar-refractivity contribution in [1.82, 2.24) is 14.5 Å². The Morgan fingerprint density at radius 1 is 1.36 bits per heavy atom. The summed E-state index contributed by atoms with van der Waals surface area (Å²) >= 11 is 0. The minimum Gasteiger partial charge on any atom is -0.375 e. The standard InChI is InChI=1S/C17H23N3O2/c1-4-16-18-14-7-5-6-8-15(14)20(16)10-17(21)19-9-13(3)22-11-12(19)2/h5-8,12-13H,4,9-11H2,1-3H3/t12-,13+/m0/s1. The second-order valence-electron chi connectivity index (χ2n) is 6.00. The van der Waals surface area contributed by atoms with Gasteiger partial charge in [-0.1, -0.05) is 19.1 Å². The molecule has 3 rings (SSSR count). The Bertz CT molecular complexity index is 680. The highest BCUT2D eigenvalue weighted by molar-refractivity contribution is 5.81. The lowest BCUT2D eigenvalue weighted by Crippen LogP contribution is -2.51. The predicted octanol–water partition coefficient (Wildman–Crippen LogP) is 2.23. The number of aromatic nitrogens is 2. The second-order valence-corrected chi connectivity index (χ2v) is 6.00. The highest BCUT2D eigenvalue weighted by Crippen LogP contribution is 2.18. The van der Waals surface area contributed by atoms with E-state index < -0.39 is 0 Å². The molecule has 2 heterocycles. The number of morpholine rings is 1. The molecule has 0 N–H and O–H groups in total. The molecule has 0 unspecified atom stereocenters. The van der Waals surface area contributed by atoms with Gasteiger partial charge in [-0.3, -0.25) is 4.79 Å². The number of nitrogens with zero attached hydrogens (tertiary/aromatic N) is 3. The van der Waals surface area contributed by atoms with E-state index in [0.717, 1.165) is 23.3 Å². The molecule has 1 aromatic carbocycles. The van der Waals surface area contributed by atoms with Gasteiger partial charge in [0.25, 0.3) is 0 Å². The van der Waals surface area contributed by atoms with Crippen LogP contribution in [0.4, 0.5) is 0 Å². The second kappa shape index (κ2) is 6.08. The topological polar surface area (TPSA) is 47.4 Å². The molecular formula is C17H23N3O2. The third kappa shape index (κ3) is 2.73. The van der Waals surface area contributed by atoms with E-state index in [1.165, 1.54) is 0 Å². The molecule has 118 valence electrons. The summed E-state index contributed by atoms with van der Waals surface area (Å²) in [5, 5.41) is 0. The predicted molar refractivity (Wildman–Crippen MR) is 85.7 cm³/mol. The van der Waals surface area contributed by atoms with Gasteiger partial charge in [-0.2, -0.15) is 0 Å². The van der Waals surface area contributed by atoms with E-state index >= 15 is 0 Å². The number of rotatable bonds is 3. The van der Waals surface area contributed by atoms with Gasteiger partial charge in [-0.15, -0.1) is 0 Å². The summed E-state index contributed by atoms with van der Waals surface area (Å²) in [4.78, 5) is 19.3. The van der Waals surface area contributed by atoms with Crippen molar-refractivity contribution in [3.63, 3.8) is 0 Å². The van der Waals surface area contributed by atoms with Crippen LogP contribution in [0.15, 0.2) is 24.3 Å². The molecule has 0 saturated carbocycles. The lowest BCUT2D eigenvalue weighted by Gasteiger charge is -2.37. The van der Waals surface area contributed by atoms with Gasteiger partial charge in [0.15, 0.2) is 0 Å². The average molecular weight is 301 g/mol. The molecule has 0 bridgehead atoms. The first-order valence-electron chi connectivity index (χ1n) is 7.95. The number of amides is 1. The van der Waals surface area contributed by atoms with Crippen molar-refractivity contribution >= 4 is 16.9 Å². The van der Waals surface area contributed by atoms with Crippen LogP contribution in [-0.4, -0.2) is 45.7 Å². The number of para-hydroxylation sites is 2. The Morgan fingerprint density at radius 3 is 2.91 bits per heavy atom. The summed E-state index contributed by atoms with van der Waals surface area (Å²) in [5.41, 5.74) is 1.98. The molecule has 0 spiro atoms. The van der Waals surface area contributed by atoms with Crippen molar-refractivity contribution in [1.29, 1.82) is 0 Å². The summed E-state index contributed by atoms with van der Waals surface area (Å²) in [6.07, 6.45) is 0.919. The Hall–Kier alpha value is -1.88. The molecule has 2 aromatic rings. The maximum absolute atomic E-state index is 12.8. The number of hydrogen-bond acceptors (Lipinski definition) is 3. The van der Waals surface area contributed by atoms with Crippen LogP contribution in [0.1, 0.15) is 26.6 Å². The zero-order valence-electron chi connectivity index (χ0n) is 13.5. The molecule has 5 heteroatoms. The van der Waals surface area contributed by atoms with E-state index in [1.54, 1.807) is 0 Å². The molecule has 2 atom stereocenters. The summed E-state index contributed by atoms with van der Waals surface area (Å²) in [6.45, 7) is 7.74. The number of carbonyl (C=O) groups excluding carboxylic acids is 1. The van der Waals surface area contributed by atoms with Crippen LogP contribution in [0.5, 0.6) is 0 Å². The van der Waals surface area contributed by atoms with E-state index in [2.05, 4.69) is 11.9 Å². The number of aryl methyl sites for hydroxylation is 1. The number of ether oxygens (including phenoxy) is 1. The molecule has 1 amide bonds. The average Bonchev–Trinajstić information content (AvgIpc) is 2.87. The molecule has 1 saturated heterocycles. The smallest absolute Gasteiger partial charge is 0.242 e. The molecule has 5 nitrogen and oxygen atoms in total. The van der Waals surface area contributed by atoms with Crippen LogP contribution in [0, 0.1) is 0 Å². The van der Waals surface area contributed by atoms with Crippen molar-refractivity contribution in [3.8, 4) is 0 Å². The first kappa shape index (κ1) is 15.0. The first-order valence-corrected chi connectivity index (χ1v) is 7.95. The fourth-order valence-corrected chi connectivity index (χ4v) is 3.05. The molecule has 0 radical (unpaired) electrons. The minimum absolute atomic E-state index is 0.102. The minimum atomic E-state index is 0.102. The van der Waals surface area contributed by atoms with E-state index in [9.17, 15) is 4.79 Å². The van der Waals surface area contributed by atoms with E-state index in [0.29, 0.717) is 19.7 Å². The monoisotopic (exact) mass is 301 g/mol. The van der Waals surface area contributed by atoms with Crippen molar-refractivity contribution in [3.05, 3.63) is 30.1 Å². The van der Waals surface area contributed by atoms with Gasteiger partial charge >= 0.3 is 0 Å². The highest BCUT2D eigenvalue weighted by Gasteiger charge is 2.28. The molecule has 1 aromatic heterocycles. The fraction of sp³-hybridized carbons (Fsp3) is 0.529.